The third kappa shape index (κ3) is 3.55. The van der Waals surface area contributed by atoms with Crippen LogP contribution in [0.2, 0.25) is 0 Å². The molecule has 3 heterocycles. The van der Waals surface area contributed by atoms with E-state index >= 15 is 0 Å². The highest BCUT2D eigenvalue weighted by atomic mass is 16.5. The number of ether oxygens (including phenoxy) is 2. The lowest BCUT2D eigenvalue weighted by Gasteiger charge is -2.13. The summed E-state index contributed by atoms with van der Waals surface area (Å²) in [4.78, 5) is 30.8. The number of benzene rings is 1. The Labute approximate surface area is 161 Å². The van der Waals surface area contributed by atoms with Gasteiger partial charge in [-0.15, -0.1) is 0 Å². The summed E-state index contributed by atoms with van der Waals surface area (Å²) in [6, 6.07) is 5.60. The lowest BCUT2D eigenvalue weighted by molar-refractivity contribution is -0.119. The number of H-pyrrole nitrogens is 1. The largest absolute Gasteiger partial charge is 0.501 e. The third-order valence-corrected chi connectivity index (χ3v) is 4.80. The van der Waals surface area contributed by atoms with Crippen LogP contribution >= 0.6 is 0 Å². The first-order chi connectivity index (χ1) is 13.7. The van der Waals surface area contributed by atoms with Gasteiger partial charge in [0.15, 0.2) is 0 Å². The predicted molar refractivity (Wildman–Crippen MR) is 107 cm³/mol. The molecule has 1 fully saturated rings. The molecule has 1 aliphatic rings. The van der Waals surface area contributed by atoms with Gasteiger partial charge in [0.05, 0.1) is 18.9 Å². The zero-order valence-electron chi connectivity index (χ0n) is 15.5. The van der Waals surface area contributed by atoms with Crippen molar-refractivity contribution in [2.24, 2.45) is 0 Å². The molecule has 7 nitrogen and oxygen atoms in total. The van der Waals surface area contributed by atoms with E-state index in [0.29, 0.717) is 30.9 Å². The molecule has 0 unspecified atom stereocenters. The Morgan fingerprint density at radius 1 is 1.25 bits per heavy atom. The summed E-state index contributed by atoms with van der Waals surface area (Å²) in [6.45, 7) is 2.84. The Kier molecular flexibility index (Phi) is 4.97. The summed E-state index contributed by atoms with van der Waals surface area (Å²) in [6.07, 6.45) is 8.04. The Balaban J connectivity index is 1.75. The van der Waals surface area contributed by atoms with Crippen molar-refractivity contribution in [3.05, 3.63) is 52.8 Å². The molecular formula is C21H21N3O4. The van der Waals surface area contributed by atoms with Crippen LogP contribution in [0.15, 0.2) is 41.6 Å². The summed E-state index contributed by atoms with van der Waals surface area (Å²) in [5, 5.41) is 5.95. The summed E-state index contributed by atoms with van der Waals surface area (Å²) in [5.41, 5.74) is 0.682. The first kappa shape index (κ1) is 18.0. The molecule has 3 aromatic rings. The van der Waals surface area contributed by atoms with Gasteiger partial charge in [0.25, 0.3) is 5.56 Å². The second-order valence-corrected chi connectivity index (χ2v) is 6.68. The maximum atomic E-state index is 12.3. The van der Waals surface area contributed by atoms with Crippen LogP contribution < -0.4 is 15.6 Å². The first-order valence-corrected chi connectivity index (χ1v) is 9.30. The minimum absolute atomic E-state index is 0.00227. The van der Waals surface area contributed by atoms with Gasteiger partial charge in [0.2, 0.25) is 11.8 Å². The molecule has 2 N–H and O–H groups in total. The van der Waals surface area contributed by atoms with Crippen molar-refractivity contribution >= 4 is 33.5 Å². The zero-order valence-corrected chi connectivity index (χ0v) is 15.5. The van der Waals surface area contributed by atoms with Gasteiger partial charge in [-0.3, -0.25) is 9.59 Å². The van der Waals surface area contributed by atoms with Crippen molar-refractivity contribution in [2.75, 3.05) is 13.2 Å². The van der Waals surface area contributed by atoms with Gasteiger partial charge >= 0.3 is 0 Å². The van der Waals surface area contributed by atoms with Crippen LogP contribution in [-0.2, 0) is 9.53 Å². The van der Waals surface area contributed by atoms with E-state index in [9.17, 15) is 9.59 Å². The van der Waals surface area contributed by atoms with Crippen molar-refractivity contribution in [3.63, 3.8) is 0 Å². The smallest absolute Gasteiger partial charge is 0.255 e. The molecular weight excluding hydrogens is 358 g/mol. The Morgan fingerprint density at radius 2 is 2.14 bits per heavy atom. The first-order valence-electron chi connectivity index (χ1n) is 9.30. The number of nitrogens with zero attached hydrogens (tertiary/aromatic N) is 1. The summed E-state index contributed by atoms with van der Waals surface area (Å²) in [5.74, 6) is 0.538. The van der Waals surface area contributed by atoms with Gasteiger partial charge in [-0.05, 0) is 48.4 Å². The van der Waals surface area contributed by atoms with E-state index in [4.69, 9.17) is 9.47 Å². The van der Waals surface area contributed by atoms with Crippen molar-refractivity contribution in [3.8, 4) is 5.88 Å². The third-order valence-electron chi connectivity index (χ3n) is 4.80. The van der Waals surface area contributed by atoms with Crippen LogP contribution in [0.25, 0.3) is 27.6 Å². The maximum absolute atomic E-state index is 12.3. The van der Waals surface area contributed by atoms with Crippen LogP contribution in [-0.4, -0.2) is 35.1 Å². The fourth-order valence-corrected chi connectivity index (χ4v) is 3.37. The zero-order chi connectivity index (χ0) is 19.5. The number of aromatic amines is 1. The number of rotatable bonds is 6. The minimum Gasteiger partial charge on any atom is -0.501 e. The molecule has 7 heteroatoms. The molecule has 4 rings (SSSR count). The molecule has 1 aromatic carbocycles. The summed E-state index contributed by atoms with van der Waals surface area (Å²) < 4.78 is 11.2. The number of fused-ring (bicyclic) bond motifs is 2. The van der Waals surface area contributed by atoms with Crippen LogP contribution in [0.3, 0.4) is 0 Å². The molecule has 1 amide bonds. The number of nitrogens with one attached hydrogen (secondary N) is 2. The highest BCUT2D eigenvalue weighted by molar-refractivity contribution is 6.02. The highest BCUT2D eigenvalue weighted by Gasteiger charge is 2.21. The minimum atomic E-state index is -0.154. The quantitative estimate of drug-likeness (QED) is 0.507. The molecule has 28 heavy (non-hydrogen) atoms. The fraction of sp³-hybridized carbons (Fsp3) is 0.286. The molecule has 0 spiro atoms. The van der Waals surface area contributed by atoms with Crippen molar-refractivity contribution in [2.45, 2.75) is 25.8 Å². The van der Waals surface area contributed by atoms with E-state index in [1.54, 1.807) is 18.7 Å². The van der Waals surface area contributed by atoms with Gasteiger partial charge in [0, 0.05) is 35.2 Å². The molecule has 0 saturated carbocycles. The van der Waals surface area contributed by atoms with E-state index in [1.165, 1.54) is 0 Å². The van der Waals surface area contributed by atoms with Crippen LogP contribution in [0.5, 0.6) is 5.88 Å². The average Bonchev–Trinajstić information content (AvgIpc) is 3.12. The number of carbonyl (C=O) groups is 1. The molecule has 0 bridgehead atoms. The molecule has 2 aromatic heterocycles. The number of aromatic nitrogens is 2. The Hall–Kier alpha value is -3.35. The van der Waals surface area contributed by atoms with Crippen LogP contribution in [0.1, 0.15) is 25.3 Å². The van der Waals surface area contributed by atoms with E-state index in [-0.39, 0.29) is 17.5 Å². The van der Waals surface area contributed by atoms with Crippen molar-refractivity contribution < 1.29 is 14.3 Å². The van der Waals surface area contributed by atoms with Gasteiger partial charge in [-0.2, -0.15) is 0 Å². The average molecular weight is 379 g/mol. The molecule has 0 aliphatic carbocycles. The molecule has 1 saturated heterocycles. The van der Waals surface area contributed by atoms with Gasteiger partial charge < -0.3 is 19.8 Å². The molecule has 0 radical (unpaired) electrons. The lowest BCUT2D eigenvalue weighted by atomic mass is 10.0. The van der Waals surface area contributed by atoms with Gasteiger partial charge in [-0.25, -0.2) is 4.98 Å². The topological polar surface area (TPSA) is 93.3 Å². The number of hydrogen-bond acceptors (Lipinski definition) is 5. The summed E-state index contributed by atoms with van der Waals surface area (Å²) in [7, 11) is 0. The molecule has 144 valence electrons. The SMILES string of the molecule is CCO/C=C\c1c[nH]c(=O)c2cc3ccnc(OC[C@@H]4CCC(=O)N4)c3cc12. The Morgan fingerprint density at radius 3 is 2.93 bits per heavy atom. The standard InChI is InChI=1S/C21H21N3O4/c1-2-27-8-6-14-11-23-20(26)18-9-13-5-7-22-21(17(13)10-16(14)18)28-12-15-3-4-19(25)24-15/h5-11,15H,2-4,12H2,1H3,(H,23,26)(H,24,25)/b8-6-/t15-/m0/s1. The van der Waals surface area contributed by atoms with Crippen LogP contribution in [0, 0.1) is 0 Å². The predicted octanol–water partition coefficient (Wildman–Crippen LogP) is 2.74. The molecule has 1 aliphatic heterocycles. The number of amides is 1. The van der Waals surface area contributed by atoms with E-state index in [2.05, 4.69) is 15.3 Å². The maximum Gasteiger partial charge on any atom is 0.255 e. The second-order valence-electron chi connectivity index (χ2n) is 6.68. The Bertz CT molecular complexity index is 1120. The fourth-order valence-electron chi connectivity index (χ4n) is 3.37. The monoisotopic (exact) mass is 379 g/mol. The van der Waals surface area contributed by atoms with Crippen LogP contribution in [0.4, 0.5) is 0 Å². The summed E-state index contributed by atoms with van der Waals surface area (Å²) >= 11 is 0. The van der Waals surface area contributed by atoms with Crippen molar-refractivity contribution in [1.82, 2.24) is 15.3 Å². The highest BCUT2D eigenvalue weighted by Crippen LogP contribution is 2.29. The lowest BCUT2D eigenvalue weighted by Crippen LogP contribution is -2.31. The van der Waals surface area contributed by atoms with Gasteiger partial charge in [0.1, 0.15) is 6.61 Å². The van der Waals surface area contributed by atoms with E-state index in [0.717, 1.165) is 28.1 Å². The number of hydrogen-bond donors (Lipinski definition) is 2. The normalized spacial score (nSPS) is 16.8. The van der Waals surface area contributed by atoms with E-state index < -0.39 is 0 Å². The number of pyridine rings is 2. The van der Waals surface area contributed by atoms with E-state index in [1.807, 2.05) is 31.2 Å². The van der Waals surface area contributed by atoms with Crippen molar-refractivity contribution in [1.29, 1.82) is 0 Å². The number of carbonyl (C=O) groups excluding carboxylic acids is 1. The second kappa shape index (κ2) is 7.72. The molecule has 1 atom stereocenters. The van der Waals surface area contributed by atoms with Gasteiger partial charge in [-0.1, -0.05) is 0 Å².